The third kappa shape index (κ3) is 16.6. The first kappa shape index (κ1) is 18.7. The maximum absolute atomic E-state index is 9.50. The van der Waals surface area contributed by atoms with Gasteiger partial charge in [-0.25, -0.2) is 5.21 Å². The van der Waals surface area contributed by atoms with E-state index < -0.39 is 0 Å². The van der Waals surface area contributed by atoms with E-state index in [2.05, 4.69) is 29.8 Å². The first-order valence-corrected chi connectivity index (χ1v) is 8.80. The maximum atomic E-state index is 9.50. The van der Waals surface area contributed by atoms with E-state index in [1.165, 1.54) is 70.6 Å². The van der Waals surface area contributed by atoms with Crippen molar-refractivity contribution in [1.82, 2.24) is 0 Å². The van der Waals surface area contributed by atoms with Gasteiger partial charge in [-0.05, 0) is 6.42 Å². The molecule has 1 N–H and O–H groups in total. The van der Waals surface area contributed by atoms with Crippen molar-refractivity contribution in [2.24, 2.45) is 0 Å². The molecule has 0 aliphatic carbocycles. The van der Waals surface area contributed by atoms with Crippen molar-refractivity contribution in [2.75, 3.05) is 13.6 Å². The third-order valence-electron chi connectivity index (χ3n) is 3.42. The van der Waals surface area contributed by atoms with Crippen LogP contribution < -0.4 is 0 Å². The molecule has 2 nitrogen and oxygen atoms in total. The highest BCUT2D eigenvalue weighted by molar-refractivity contribution is 14.1. The summed E-state index contributed by atoms with van der Waals surface area (Å²) in [5, 5.41) is 9.50. The zero-order chi connectivity index (χ0) is 13.7. The number of halogens is 1. The number of unbranched alkanes of at least 4 members (excludes halogenated alkanes) is 11. The highest BCUT2D eigenvalue weighted by atomic mass is 127. The van der Waals surface area contributed by atoms with Crippen LogP contribution in [-0.4, -0.2) is 21.7 Å². The summed E-state index contributed by atoms with van der Waals surface area (Å²) in [5.74, 6) is 0. The van der Waals surface area contributed by atoms with Crippen molar-refractivity contribution in [1.29, 1.82) is 0 Å². The van der Waals surface area contributed by atoms with Crippen LogP contribution in [-0.2, 0) is 0 Å². The van der Waals surface area contributed by atoms with E-state index in [-0.39, 0.29) is 2.86 Å². The molecule has 1 atom stereocenters. The lowest BCUT2D eigenvalue weighted by atomic mass is 10.1. The molecule has 0 aromatic heterocycles. The molecule has 0 heterocycles. The number of hydroxylamine groups is 2. The standard InChI is InChI=1S/C15H33INO/c1-3-4-5-6-7-8-9-10-11-12-13-14-15-17(2,16)18/h18H,3-15H2,1-2H3/q+1. The second-order valence-electron chi connectivity index (χ2n) is 5.63. The molecule has 0 saturated heterocycles. The van der Waals surface area contributed by atoms with Gasteiger partial charge in [-0.3, -0.25) is 0 Å². The lowest BCUT2D eigenvalue weighted by Gasteiger charge is -2.14. The van der Waals surface area contributed by atoms with Gasteiger partial charge < -0.3 is 0 Å². The molecule has 18 heavy (non-hydrogen) atoms. The molecule has 0 aliphatic heterocycles. The second kappa shape index (κ2) is 12.7. The minimum atomic E-state index is 0.0928. The Bertz CT molecular complexity index is 168. The van der Waals surface area contributed by atoms with Crippen molar-refractivity contribution in [3.05, 3.63) is 0 Å². The lowest BCUT2D eigenvalue weighted by molar-refractivity contribution is -0.940. The van der Waals surface area contributed by atoms with Gasteiger partial charge >= 0.3 is 0 Å². The molecular formula is C15H33INO+. The summed E-state index contributed by atoms with van der Waals surface area (Å²) in [6.45, 7) is 3.15. The molecule has 3 heteroatoms. The van der Waals surface area contributed by atoms with Crippen LogP contribution in [0.3, 0.4) is 0 Å². The van der Waals surface area contributed by atoms with E-state index in [1.807, 2.05) is 7.05 Å². The zero-order valence-electron chi connectivity index (χ0n) is 12.5. The van der Waals surface area contributed by atoms with E-state index >= 15 is 0 Å². The molecule has 0 bridgehead atoms. The number of quaternary nitrogens is 1. The van der Waals surface area contributed by atoms with Crippen molar-refractivity contribution in [3.63, 3.8) is 0 Å². The summed E-state index contributed by atoms with van der Waals surface area (Å²) in [6, 6.07) is 0. The molecule has 0 amide bonds. The van der Waals surface area contributed by atoms with Crippen molar-refractivity contribution in [2.45, 2.75) is 84.0 Å². The molecule has 0 rings (SSSR count). The van der Waals surface area contributed by atoms with E-state index in [4.69, 9.17) is 0 Å². The molecule has 0 fully saturated rings. The minimum Gasteiger partial charge on any atom is -0.209 e. The van der Waals surface area contributed by atoms with Gasteiger partial charge in [0.2, 0.25) is 0 Å². The van der Waals surface area contributed by atoms with Crippen LogP contribution in [0.15, 0.2) is 0 Å². The summed E-state index contributed by atoms with van der Waals surface area (Å²) in [7, 11) is 1.83. The molecular weight excluding hydrogens is 337 g/mol. The van der Waals surface area contributed by atoms with Gasteiger partial charge in [0.25, 0.3) is 22.9 Å². The fourth-order valence-electron chi connectivity index (χ4n) is 2.24. The van der Waals surface area contributed by atoms with Crippen LogP contribution in [0.4, 0.5) is 0 Å². The molecule has 0 spiro atoms. The maximum Gasteiger partial charge on any atom is 0.287 e. The first-order chi connectivity index (χ1) is 8.56. The predicted molar refractivity (Wildman–Crippen MR) is 87.9 cm³/mol. The highest BCUT2D eigenvalue weighted by Gasteiger charge is 2.12. The Morgan fingerprint density at radius 2 is 1.06 bits per heavy atom. The normalized spacial score (nSPS) is 14.7. The SMILES string of the molecule is CCCCCCCCCCCCCC[N+](C)(O)I. The van der Waals surface area contributed by atoms with Crippen LogP contribution in [0.1, 0.15) is 84.0 Å². The van der Waals surface area contributed by atoms with Crippen LogP contribution >= 0.6 is 22.9 Å². The van der Waals surface area contributed by atoms with Gasteiger partial charge in [-0.15, -0.1) is 2.86 Å². The monoisotopic (exact) mass is 370 g/mol. The fourth-order valence-corrected chi connectivity index (χ4v) is 2.58. The quantitative estimate of drug-likeness (QED) is 0.186. The Balaban J connectivity index is 2.99. The van der Waals surface area contributed by atoms with Crippen LogP contribution in [0.2, 0.25) is 0 Å². The average Bonchev–Trinajstić information content (AvgIpc) is 2.29. The molecule has 0 aromatic carbocycles. The van der Waals surface area contributed by atoms with Gasteiger partial charge in [0.05, 0.1) is 0 Å². The summed E-state index contributed by atoms with van der Waals surface area (Å²) < 4.78 is 0.0928. The van der Waals surface area contributed by atoms with Crippen molar-refractivity contribution >= 4 is 22.9 Å². The van der Waals surface area contributed by atoms with Gasteiger partial charge in [0.15, 0.2) is 0 Å². The molecule has 0 aliphatic rings. The molecule has 0 aromatic rings. The largest absolute Gasteiger partial charge is 0.287 e. The molecule has 110 valence electrons. The Morgan fingerprint density at radius 1 is 0.722 bits per heavy atom. The predicted octanol–water partition coefficient (Wildman–Crippen LogP) is 5.87. The van der Waals surface area contributed by atoms with Crippen molar-refractivity contribution in [3.8, 4) is 0 Å². The topological polar surface area (TPSA) is 20.2 Å². The van der Waals surface area contributed by atoms with E-state index in [0.29, 0.717) is 0 Å². The summed E-state index contributed by atoms with van der Waals surface area (Å²) in [5.41, 5.74) is 0. The van der Waals surface area contributed by atoms with Gasteiger partial charge in [0.1, 0.15) is 13.6 Å². The zero-order valence-corrected chi connectivity index (χ0v) is 14.6. The Labute approximate surface area is 128 Å². The minimum absolute atomic E-state index is 0.0928. The van der Waals surface area contributed by atoms with Gasteiger partial charge in [-0.1, -0.05) is 71.1 Å². The van der Waals surface area contributed by atoms with Crippen molar-refractivity contribution < 1.29 is 8.07 Å². The van der Waals surface area contributed by atoms with Crippen LogP contribution in [0.5, 0.6) is 0 Å². The molecule has 0 radical (unpaired) electrons. The number of rotatable bonds is 13. The molecule has 1 unspecified atom stereocenters. The smallest absolute Gasteiger partial charge is 0.209 e. The Morgan fingerprint density at radius 3 is 1.39 bits per heavy atom. The number of nitrogens with zero attached hydrogens (tertiary/aromatic N) is 1. The second-order valence-corrected chi connectivity index (χ2v) is 7.71. The Hall–Kier alpha value is 0.650. The lowest BCUT2D eigenvalue weighted by Crippen LogP contribution is -2.28. The van der Waals surface area contributed by atoms with Gasteiger partial charge in [0, 0.05) is 6.42 Å². The average molecular weight is 370 g/mol. The van der Waals surface area contributed by atoms with Crippen LogP contribution in [0.25, 0.3) is 0 Å². The van der Waals surface area contributed by atoms with E-state index in [9.17, 15) is 5.21 Å². The number of hydrogen-bond donors (Lipinski definition) is 1. The first-order valence-electron chi connectivity index (χ1n) is 7.84. The summed E-state index contributed by atoms with van der Waals surface area (Å²) in [6.07, 6.45) is 16.5. The molecule has 0 saturated carbocycles. The summed E-state index contributed by atoms with van der Waals surface area (Å²) >= 11 is 2.06. The van der Waals surface area contributed by atoms with Crippen LogP contribution in [0, 0.1) is 0 Å². The third-order valence-corrected chi connectivity index (χ3v) is 3.90. The highest BCUT2D eigenvalue weighted by Crippen LogP contribution is 2.13. The Kier molecular flexibility index (Phi) is 13.1. The number of hydrogen-bond acceptors (Lipinski definition) is 1. The summed E-state index contributed by atoms with van der Waals surface area (Å²) in [4.78, 5) is 0. The fraction of sp³-hybridized carbons (Fsp3) is 1.00. The van der Waals surface area contributed by atoms with Gasteiger partial charge in [-0.2, -0.15) is 0 Å². The van der Waals surface area contributed by atoms with E-state index in [1.54, 1.807) is 0 Å². The van der Waals surface area contributed by atoms with E-state index in [0.717, 1.165) is 13.0 Å².